The second-order valence-electron chi connectivity index (χ2n) is 8.84. The molecule has 0 bridgehead atoms. The summed E-state index contributed by atoms with van der Waals surface area (Å²) in [7, 11) is 0. The molecule has 34 heavy (non-hydrogen) atoms. The van der Waals surface area contributed by atoms with Crippen LogP contribution in [0, 0.1) is 5.92 Å². The zero-order chi connectivity index (χ0) is 25.2. The lowest BCUT2D eigenvalue weighted by molar-refractivity contribution is -0.143. The molecule has 0 aromatic heterocycles. The number of hydrogen-bond acceptors (Lipinski definition) is 6. The number of carbonyl (C=O) groups excluding carboxylic acids is 2. The van der Waals surface area contributed by atoms with Crippen molar-refractivity contribution < 1.29 is 27.5 Å². The number of fused-ring (bicyclic) bond motifs is 1. The largest absolute Gasteiger partial charge is 0.459 e. The van der Waals surface area contributed by atoms with Gasteiger partial charge in [0.2, 0.25) is 5.91 Å². The number of carbonyl (C=O) groups is 2. The molecule has 2 heterocycles. The fourth-order valence-corrected chi connectivity index (χ4v) is 4.59. The van der Waals surface area contributed by atoms with Crippen LogP contribution in [0.15, 0.2) is 51.6 Å². The lowest BCUT2D eigenvalue weighted by Crippen LogP contribution is -2.38. The van der Waals surface area contributed by atoms with E-state index in [1.807, 2.05) is 13.8 Å². The summed E-state index contributed by atoms with van der Waals surface area (Å²) in [4.78, 5) is 31.9. The van der Waals surface area contributed by atoms with Crippen molar-refractivity contribution in [3.05, 3.63) is 57.8 Å². The van der Waals surface area contributed by atoms with Gasteiger partial charge in [-0.2, -0.15) is 13.2 Å². The monoisotopic (exact) mass is 495 g/mol. The molecule has 0 radical (unpaired) electrons. The molecule has 0 spiro atoms. The molecule has 10 heteroatoms. The first-order valence-corrected chi connectivity index (χ1v) is 11.9. The van der Waals surface area contributed by atoms with E-state index in [9.17, 15) is 22.8 Å². The van der Waals surface area contributed by atoms with Crippen LogP contribution in [0.2, 0.25) is 0 Å². The fraction of sp³-hybridized carbons (Fsp3) is 0.458. The Labute approximate surface area is 201 Å². The quantitative estimate of drug-likeness (QED) is 0.514. The van der Waals surface area contributed by atoms with Crippen molar-refractivity contribution in [1.82, 2.24) is 10.2 Å². The number of nitrogens with one attached hydrogen (secondary N) is 1. The molecule has 2 aliphatic rings. The van der Waals surface area contributed by atoms with Crippen LogP contribution < -0.4 is 5.32 Å². The maximum Gasteiger partial charge on any atom is 0.416 e. The van der Waals surface area contributed by atoms with Gasteiger partial charge in [0.15, 0.2) is 5.17 Å². The van der Waals surface area contributed by atoms with Crippen LogP contribution >= 0.6 is 11.8 Å². The second-order valence-corrected chi connectivity index (χ2v) is 9.68. The fourth-order valence-electron chi connectivity index (χ4n) is 3.62. The third kappa shape index (κ3) is 5.84. The van der Waals surface area contributed by atoms with E-state index in [-0.39, 0.29) is 23.8 Å². The van der Waals surface area contributed by atoms with Gasteiger partial charge in [0, 0.05) is 12.2 Å². The van der Waals surface area contributed by atoms with E-state index in [1.165, 1.54) is 23.9 Å². The summed E-state index contributed by atoms with van der Waals surface area (Å²) in [5.41, 5.74) is 0.942. The molecule has 2 aliphatic heterocycles. The van der Waals surface area contributed by atoms with E-state index in [4.69, 9.17) is 4.74 Å². The Balaban J connectivity index is 2.01. The molecule has 3 rings (SSSR count). The highest BCUT2D eigenvalue weighted by Crippen LogP contribution is 2.45. The van der Waals surface area contributed by atoms with Crippen LogP contribution in [0.3, 0.4) is 0 Å². The van der Waals surface area contributed by atoms with Crippen LogP contribution in [-0.4, -0.2) is 34.6 Å². The highest BCUT2D eigenvalue weighted by molar-refractivity contribution is 8.16. The average Bonchev–Trinajstić information content (AvgIpc) is 3.12. The first kappa shape index (κ1) is 25.9. The summed E-state index contributed by atoms with van der Waals surface area (Å²) >= 11 is 1.31. The SMILES string of the molecule is CC1=C(C(=O)OC(C)C)[C@H](c2ccc(C(F)(F)F)cc2)N2C(CC(=O)NCC(C)C)=CSC2=N1. The summed E-state index contributed by atoms with van der Waals surface area (Å²) in [5.74, 6) is -0.503. The van der Waals surface area contributed by atoms with E-state index in [2.05, 4.69) is 10.3 Å². The lowest BCUT2D eigenvalue weighted by Gasteiger charge is -2.36. The summed E-state index contributed by atoms with van der Waals surface area (Å²) < 4.78 is 44.9. The van der Waals surface area contributed by atoms with Gasteiger partial charge in [0.1, 0.15) is 0 Å². The number of benzene rings is 1. The molecule has 1 atom stereocenters. The van der Waals surface area contributed by atoms with Crippen LogP contribution in [0.4, 0.5) is 13.2 Å². The number of halogens is 3. The Morgan fingerprint density at radius 2 is 1.82 bits per heavy atom. The zero-order valence-electron chi connectivity index (χ0n) is 19.7. The van der Waals surface area contributed by atoms with Gasteiger partial charge >= 0.3 is 12.1 Å². The molecule has 1 aromatic carbocycles. The Morgan fingerprint density at radius 1 is 1.18 bits per heavy atom. The smallest absolute Gasteiger partial charge is 0.416 e. The van der Waals surface area contributed by atoms with Crippen molar-refractivity contribution in [3.8, 4) is 0 Å². The van der Waals surface area contributed by atoms with Gasteiger partial charge < -0.3 is 15.0 Å². The summed E-state index contributed by atoms with van der Waals surface area (Å²) in [6.07, 6.45) is -4.83. The number of ether oxygens (including phenoxy) is 1. The maximum absolute atomic E-state index is 13.2. The minimum absolute atomic E-state index is 0.0431. The second kappa shape index (κ2) is 10.2. The molecular weight excluding hydrogens is 467 g/mol. The Kier molecular flexibility index (Phi) is 7.80. The van der Waals surface area contributed by atoms with Gasteiger partial charge in [-0.1, -0.05) is 37.7 Å². The van der Waals surface area contributed by atoms with Crippen molar-refractivity contribution in [1.29, 1.82) is 0 Å². The third-order valence-corrected chi connectivity index (χ3v) is 6.05. The van der Waals surface area contributed by atoms with Gasteiger partial charge in [-0.05, 0) is 49.8 Å². The first-order chi connectivity index (χ1) is 15.9. The van der Waals surface area contributed by atoms with Gasteiger partial charge in [-0.25, -0.2) is 9.79 Å². The number of thioether (sulfide) groups is 1. The first-order valence-electron chi connectivity index (χ1n) is 11.0. The Hall–Kier alpha value is -2.75. The molecule has 0 saturated heterocycles. The standard InChI is InChI=1S/C24H28F3N3O3S/c1-13(2)11-28-19(31)10-18-12-34-23-29-15(5)20(22(32)33-14(3)4)21(30(18)23)16-6-8-17(9-7-16)24(25,26)27/h6-9,12-14,21H,10-11H2,1-5H3,(H,28,31)/t21-/m0/s1. The van der Waals surface area contributed by atoms with Crippen LogP contribution in [0.5, 0.6) is 0 Å². The number of amidine groups is 1. The van der Waals surface area contributed by atoms with E-state index < -0.39 is 29.9 Å². The summed E-state index contributed by atoms with van der Waals surface area (Å²) in [6.45, 7) is 9.60. The normalized spacial score (nSPS) is 18.2. The number of nitrogens with zero attached hydrogens (tertiary/aromatic N) is 2. The van der Waals surface area contributed by atoms with E-state index in [0.29, 0.717) is 28.7 Å². The summed E-state index contributed by atoms with van der Waals surface area (Å²) in [5, 5.41) is 5.21. The zero-order valence-corrected chi connectivity index (χ0v) is 20.5. The minimum Gasteiger partial charge on any atom is -0.459 e. The van der Waals surface area contributed by atoms with E-state index in [0.717, 1.165) is 12.1 Å². The molecule has 0 unspecified atom stereocenters. The predicted octanol–water partition coefficient (Wildman–Crippen LogP) is 5.39. The number of allylic oxidation sites excluding steroid dienone is 1. The van der Waals surface area contributed by atoms with Crippen LogP contribution in [-0.2, 0) is 20.5 Å². The molecule has 1 aromatic rings. The predicted molar refractivity (Wildman–Crippen MR) is 126 cm³/mol. The highest BCUT2D eigenvalue weighted by atomic mass is 32.2. The van der Waals surface area contributed by atoms with Gasteiger partial charge in [-0.15, -0.1) is 0 Å². The molecule has 6 nitrogen and oxygen atoms in total. The molecule has 184 valence electrons. The van der Waals surface area contributed by atoms with Crippen molar-refractivity contribution in [2.24, 2.45) is 10.9 Å². The third-order valence-electron chi connectivity index (χ3n) is 5.17. The van der Waals surface area contributed by atoms with Crippen LogP contribution in [0.25, 0.3) is 0 Å². The Bertz CT molecular complexity index is 1040. The molecule has 1 N–H and O–H groups in total. The van der Waals surface area contributed by atoms with Crippen molar-refractivity contribution in [2.75, 3.05) is 6.54 Å². The topological polar surface area (TPSA) is 71.0 Å². The number of hydrogen-bond donors (Lipinski definition) is 1. The highest BCUT2D eigenvalue weighted by Gasteiger charge is 2.41. The number of aliphatic imine (C=N–C) groups is 1. The average molecular weight is 496 g/mol. The van der Waals surface area contributed by atoms with Gasteiger partial charge in [0.05, 0.1) is 35.4 Å². The Morgan fingerprint density at radius 3 is 2.38 bits per heavy atom. The summed E-state index contributed by atoms with van der Waals surface area (Å²) in [6, 6.07) is 3.91. The number of alkyl halides is 3. The maximum atomic E-state index is 13.2. The molecule has 0 fully saturated rings. The van der Waals surface area contributed by atoms with E-state index in [1.54, 1.807) is 31.1 Å². The minimum atomic E-state index is -4.48. The molecule has 0 saturated carbocycles. The number of rotatable bonds is 7. The van der Waals surface area contributed by atoms with Gasteiger partial charge in [-0.3, -0.25) is 4.79 Å². The van der Waals surface area contributed by atoms with Crippen LogP contribution in [0.1, 0.15) is 58.2 Å². The molecule has 1 amide bonds. The molecule has 0 aliphatic carbocycles. The number of esters is 1. The molecular formula is C24H28F3N3O3S. The van der Waals surface area contributed by atoms with Gasteiger partial charge in [0.25, 0.3) is 0 Å². The lowest BCUT2D eigenvalue weighted by atomic mass is 9.93. The van der Waals surface area contributed by atoms with Crippen molar-refractivity contribution >= 4 is 28.8 Å². The number of amides is 1. The van der Waals surface area contributed by atoms with Crippen molar-refractivity contribution in [3.63, 3.8) is 0 Å². The van der Waals surface area contributed by atoms with Crippen molar-refractivity contribution in [2.45, 2.75) is 59.4 Å². The van der Waals surface area contributed by atoms with E-state index >= 15 is 0 Å².